The van der Waals surface area contributed by atoms with Gasteiger partial charge in [-0.25, -0.2) is 19.3 Å². The number of anilines is 2. The predicted molar refractivity (Wildman–Crippen MR) is 170 cm³/mol. The average Bonchev–Trinajstić information content (AvgIpc) is 3.85. The number of hydroxylamine groups is 3. The van der Waals surface area contributed by atoms with Gasteiger partial charge < -0.3 is 25.2 Å². The fraction of sp³-hybridized carbons (Fsp3) is 0.212. The molecular weight excluding hydrogens is 558 g/mol. The normalized spacial score (nSPS) is 14.5. The third kappa shape index (κ3) is 5.83. The van der Waals surface area contributed by atoms with Crippen LogP contribution in [0.5, 0.6) is 5.75 Å². The zero-order chi connectivity index (χ0) is 30.8. The zero-order valence-electron chi connectivity index (χ0n) is 24.5. The smallest absolute Gasteiger partial charge is 0.339 e. The minimum atomic E-state index is -0.399. The molecule has 0 aliphatic heterocycles. The Labute approximate surface area is 254 Å². The van der Waals surface area contributed by atoms with Crippen molar-refractivity contribution < 1.29 is 14.2 Å². The monoisotopic (exact) mass is 591 g/mol. The highest BCUT2D eigenvalue weighted by Crippen LogP contribution is 2.31. The summed E-state index contributed by atoms with van der Waals surface area (Å²) in [4.78, 5) is 36.9. The topological polar surface area (TPSA) is 131 Å². The van der Waals surface area contributed by atoms with Crippen molar-refractivity contribution >= 4 is 28.6 Å². The number of nitrogen functional groups attached to an aromatic ring is 1. The van der Waals surface area contributed by atoms with Crippen molar-refractivity contribution in [1.29, 1.82) is 0 Å². The van der Waals surface area contributed by atoms with Gasteiger partial charge in [-0.05, 0) is 54.1 Å². The summed E-state index contributed by atoms with van der Waals surface area (Å²) in [5, 5.41) is 12.6. The van der Waals surface area contributed by atoms with Crippen molar-refractivity contribution in [3.05, 3.63) is 119 Å². The van der Waals surface area contributed by atoms with E-state index in [0.29, 0.717) is 40.6 Å². The van der Waals surface area contributed by atoms with Crippen molar-refractivity contribution in [2.45, 2.75) is 25.5 Å². The van der Waals surface area contributed by atoms with E-state index in [1.807, 2.05) is 30.3 Å². The van der Waals surface area contributed by atoms with E-state index in [0.717, 1.165) is 18.4 Å². The first kappa shape index (κ1) is 28.8. The Morgan fingerprint density at radius 3 is 2.52 bits per heavy atom. The van der Waals surface area contributed by atoms with Crippen molar-refractivity contribution in [2.24, 2.45) is 0 Å². The van der Waals surface area contributed by atoms with Gasteiger partial charge in [-0.2, -0.15) is 0 Å². The molecule has 1 unspecified atom stereocenters. The first-order chi connectivity index (χ1) is 21.2. The molecule has 1 atom stereocenters. The van der Waals surface area contributed by atoms with Crippen LogP contribution in [-0.2, 0) is 11.4 Å². The average molecular weight is 592 g/mol. The van der Waals surface area contributed by atoms with Crippen molar-refractivity contribution in [2.75, 3.05) is 31.3 Å². The maximum Gasteiger partial charge on any atom is 0.339 e. The highest BCUT2D eigenvalue weighted by atomic mass is 16.5. The summed E-state index contributed by atoms with van der Waals surface area (Å²) in [5.41, 5.74) is 9.24. The summed E-state index contributed by atoms with van der Waals surface area (Å²) in [5.74, 6) is 0.520. The first-order valence-corrected chi connectivity index (χ1v) is 14.3. The molecule has 11 nitrogen and oxygen atoms in total. The quantitative estimate of drug-likeness (QED) is 0.145. The number of aromatic nitrogens is 4. The molecule has 0 radical (unpaired) electrons. The van der Waals surface area contributed by atoms with Crippen LogP contribution in [0.15, 0.2) is 102 Å². The van der Waals surface area contributed by atoms with Crippen molar-refractivity contribution in [1.82, 2.24) is 19.1 Å². The molecule has 0 spiro atoms. The summed E-state index contributed by atoms with van der Waals surface area (Å²) >= 11 is 0. The number of nitrogens with two attached hydrogens (primary N) is 1. The van der Waals surface area contributed by atoms with Gasteiger partial charge in [0.2, 0.25) is 0 Å². The second-order valence-corrected chi connectivity index (χ2v) is 11.1. The van der Waals surface area contributed by atoms with Crippen LogP contribution in [0.2, 0.25) is 0 Å². The van der Waals surface area contributed by atoms with E-state index in [1.165, 1.54) is 26.4 Å². The standard InChI is InChI=1S/C33H33N7O4/c1-37(29(41)12-7-19-40(2,43)27-15-16-27)25-10-6-11-26(20-25)39-32-30(31(34)35-22-36-32)38(33(39)42)24-13-17-28(18-14-24)44-21-23-8-4-3-5-9-23/h3-14,17-18,20,22,27H,15-16,19,21H2,1-2H3,(H2,34,35,36)/b12-7+. The number of quaternary nitrogens is 1. The second kappa shape index (κ2) is 11.8. The summed E-state index contributed by atoms with van der Waals surface area (Å²) in [6, 6.07) is 24.1. The summed E-state index contributed by atoms with van der Waals surface area (Å²) in [6.45, 7) is 0.654. The number of rotatable bonds is 10. The number of ether oxygens (including phenoxy) is 1. The van der Waals surface area contributed by atoms with Crippen LogP contribution in [0, 0.1) is 5.21 Å². The van der Waals surface area contributed by atoms with Gasteiger partial charge in [0, 0.05) is 31.7 Å². The molecule has 2 heterocycles. The van der Waals surface area contributed by atoms with Gasteiger partial charge in [0.15, 0.2) is 11.5 Å². The second-order valence-electron chi connectivity index (χ2n) is 11.1. The Kier molecular flexibility index (Phi) is 7.73. The Balaban J connectivity index is 1.29. The van der Waals surface area contributed by atoms with Gasteiger partial charge in [-0.1, -0.05) is 36.4 Å². The fourth-order valence-corrected chi connectivity index (χ4v) is 5.16. The Morgan fingerprint density at radius 1 is 1.05 bits per heavy atom. The van der Waals surface area contributed by atoms with E-state index < -0.39 is 5.69 Å². The van der Waals surface area contributed by atoms with E-state index in [9.17, 15) is 14.8 Å². The molecule has 11 heteroatoms. The maximum atomic E-state index is 14.0. The van der Waals surface area contributed by atoms with Crippen LogP contribution in [0.4, 0.5) is 11.5 Å². The van der Waals surface area contributed by atoms with Gasteiger partial charge in [0.25, 0.3) is 5.91 Å². The van der Waals surface area contributed by atoms with Gasteiger partial charge >= 0.3 is 5.69 Å². The molecule has 1 fully saturated rings. The predicted octanol–water partition coefficient (Wildman–Crippen LogP) is 4.36. The number of likely N-dealkylation sites (N-methyl/N-ethyl adjacent to an activating group) is 2. The lowest BCUT2D eigenvalue weighted by molar-refractivity contribution is -0.865. The largest absolute Gasteiger partial charge is 0.633 e. The van der Waals surface area contributed by atoms with Crippen LogP contribution >= 0.6 is 0 Å². The molecule has 2 N–H and O–H groups in total. The lowest BCUT2D eigenvalue weighted by Gasteiger charge is -2.38. The van der Waals surface area contributed by atoms with Crippen LogP contribution < -0.4 is 21.1 Å². The number of amides is 1. The van der Waals surface area contributed by atoms with E-state index in [-0.39, 0.29) is 29.0 Å². The molecule has 1 aliphatic carbocycles. The van der Waals surface area contributed by atoms with Crippen LogP contribution in [0.25, 0.3) is 22.5 Å². The number of nitrogens with zero attached hydrogens (tertiary/aromatic N) is 6. The SMILES string of the molecule is CN(C(=O)/C=C/C[N+](C)([O-])C1CC1)c1cccc(-n2c(=O)n(-c3ccc(OCc4ccccc4)cc3)c3c(N)ncnc32)c1. The van der Waals surface area contributed by atoms with Crippen molar-refractivity contribution in [3.63, 3.8) is 0 Å². The lowest BCUT2D eigenvalue weighted by Crippen LogP contribution is -2.40. The van der Waals surface area contributed by atoms with Crippen LogP contribution in [0.1, 0.15) is 18.4 Å². The molecule has 1 aliphatic rings. The molecule has 0 bridgehead atoms. The number of benzene rings is 3. The van der Waals surface area contributed by atoms with Crippen molar-refractivity contribution in [3.8, 4) is 17.1 Å². The summed E-state index contributed by atoms with van der Waals surface area (Å²) in [7, 11) is 3.28. The summed E-state index contributed by atoms with van der Waals surface area (Å²) in [6.07, 6.45) is 6.21. The number of carbonyl (C=O) groups excluding carboxylic acids is 1. The number of hydrogen-bond donors (Lipinski definition) is 1. The minimum Gasteiger partial charge on any atom is -0.633 e. The van der Waals surface area contributed by atoms with Gasteiger partial charge in [0.05, 0.1) is 31.0 Å². The first-order valence-electron chi connectivity index (χ1n) is 14.3. The van der Waals surface area contributed by atoms with Gasteiger partial charge in [0.1, 0.15) is 24.2 Å². The molecule has 3 aromatic carbocycles. The van der Waals surface area contributed by atoms with E-state index in [1.54, 1.807) is 68.7 Å². The molecule has 5 aromatic rings. The Bertz CT molecular complexity index is 1890. The minimum absolute atomic E-state index is 0.119. The summed E-state index contributed by atoms with van der Waals surface area (Å²) < 4.78 is 8.45. The van der Waals surface area contributed by atoms with Gasteiger partial charge in [-0.3, -0.25) is 9.36 Å². The Morgan fingerprint density at radius 2 is 1.80 bits per heavy atom. The zero-order valence-corrected chi connectivity index (χ0v) is 24.5. The molecule has 1 amide bonds. The number of fused-ring (bicyclic) bond motifs is 1. The number of carbonyl (C=O) groups is 1. The van der Waals surface area contributed by atoms with E-state index in [4.69, 9.17) is 10.5 Å². The van der Waals surface area contributed by atoms with Crippen LogP contribution in [-0.4, -0.2) is 56.3 Å². The van der Waals surface area contributed by atoms with Crippen LogP contribution in [0.3, 0.4) is 0 Å². The van der Waals surface area contributed by atoms with E-state index in [2.05, 4.69) is 9.97 Å². The molecule has 224 valence electrons. The Hall–Kier alpha value is -5.26. The molecule has 0 saturated heterocycles. The fourth-order valence-electron chi connectivity index (χ4n) is 5.16. The highest BCUT2D eigenvalue weighted by Gasteiger charge is 2.34. The molecular formula is C33H33N7O4. The molecule has 6 rings (SSSR count). The molecule has 44 heavy (non-hydrogen) atoms. The molecule has 1 saturated carbocycles. The maximum absolute atomic E-state index is 14.0. The number of hydrogen-bond acceptors (Lipinski definition) is 7. The third-order valence-electron chi connectivity index (χ3n) is 7.85. The third-order valence-corrected chi connectivity index (χ3v) is 7.85. The lowest BCUT2D eigenvalue weighted by atomic mass is 10.2. The van der Waals surface area contributed by atoms with E-state index >= 15 is 0 Å². The number of imidazole rings is 1. The highest BCUT2D eigenvalue weighted by molar-refractivity contribution is 6.01. The molecule has 2 aromatic heterocycles. The van der Waals surface area contributed by atoms with Gasteiger partial charge in [-0.15, -0.1) is 0 Å².